The summed E-state index contributed by atoms with van der Waals surface area (Å²) in [6.45, 7) is 2.71. The zero-order valence-electron chi connectivity index (χ0n) is 15.3. The lowest BCUT2D eigenvalue weighted by molar-refractivity contribution is -0.138. The molecule has 1 aliphatic rings. The number of piperazine rings is 1. The summed E-state index contributed by atoms with van der Waals surface area (Å²) in [5, 5.41) is 3.25. The third-order valence-corrected chi connectivity index (χ3v) is 4.81. The third kappa shape index (κ3) is 4.04. The molecule has 0 spiro atoms. The van der Waals surface area contributed by atoms with Crippen molar-refractivity contribution >= 4 is 0 Å². The van der Waals surface area contributed by atoms with Gasteiger partial charge in [-0.1, -0.05) is 30.3 Å². The van der Waals surface area contributed by atoms with Crippen molar-refractivity contribution in [2.75, 3.05) is 40.4 Å². The molecule has 1 unspecified atom stereocenters. The zero-order chi connectivity index (χ0) is 19.4. The Morgan fingerprint density at radius 1 is 0.926 bits per heavy atom. The fraction of sp³-hybridized carbons (Fsp3) is 0.400. The molecular formula is C20H23F3N2O2. The molecule has 0 radical (unpaired) electrons. The van der Waals surface area contributed by atoms with E-state index in [-0.39, 0.29) is 5.56 Å². The summed E-state index contributed by atoms with van der Waals surface area (Å²) in [6.07, 6.45) is -4.44. The van der Waals surface area contributed by atoms with Gasteiger partial charge in [0.15, 0.2) is 11.5 Å². The van der Waals surface area contributed by atoms with Gasteiger partial charge in [-0.2, -0.15) is 13.2 Å². The molecule has 0 saturated carbocycles. The number of hydrogen-bond acceptors (Lipinski definition) is 4. The quantitative estimate of drug-likeness (QED) is 0.857. The second kappa shape index (κ2) is 8.19. The van der Waals surface area contributed by atoms with Gasteiger partial charge in [0, 0.05) is 31.7 Å². The highest BCUT2D eigenvalue weighted by Crippen LogP contribution is 2.44. The maximum atomic E-state index is 13.7. The van der Waals surface area contributed by atoms with Crippen molar-refractivity contribution in [3.8, 4) is 11.5 Å². The molecule has 146 valence electrons. The number of ether oxygens (including phenoxy) is 2. The van der Waals surface area contributed by atoms with Crippen molar-refractivity contribution < 1.29 is 22.6 Å². The van der Waals surface area contributed by atoms with E-state index in [1.807, 2.05) is 0 Å². The average Bonchev–Trinajstić information content (AvgIpc) is 2.68. The van der Waals surface area contributed by atoms with E-state index in [9.17, 15) is 13.2 Å². The van der Waals surface area contributed by atoms with Crippen LogP contribution in [0.5, 0.6) is 11.5 Å². The Morgan fingerprint density at radius 2 is 1.59 bits per heavy atom. The molecule has 1 fully saturated rings. The van der Waals surface area contributed by atoms with Crippen LogP contribution < -0.4 is 14.8 Å². The van der Waals surface area contributed by atoms with Gasteiger partial charge in [0.2, 0.25) is 0 Å². The van der Waals surface area contributed by atoms with E-state index in [1.165, 1.54) is 20.3 Å². The van der Waals surface area contributed by atoms with Crippen LogP contribution in [0.15, 0.2) is 42.5 Å². The number of halogens is 3. The second-order valence-electron chi connectivity index (χ2n) is 6.36. The van der Waals surface area contributed by atoms with Crippen LogP contribution in [-0.4, -0.2) is 45.3 Å². The first kappa shape index (κ1) is 19.5. The van der Waals surface area contributed by atoms with E-state index in [0.29, 0.717) is 30.2 Å². The monoisotopic (exact) mass is 380 g/mol. The van der Waals surface area contributed by atoms with Gasteiger partial charge in [-0.05, 0) is 17.7 Å². The summed E-state index contributed by atoms with van der Waals surface area (Å²) in [6, 6.07) is 10.5. The van der Waals surface area contributed by atoms with Gasteiger partial charge in [-0.25, -0.2) is 0 Å². The average molecular weight is 380 g/mol. The number of benzene rings is 2. The van der Waals surface area contributed by atoms with Gasteiger partial charge in [0.1, 0.15) is 0 Å². The molecule has 1 N–H and O–H groups in total. The first-order valence-corrected chi connectivity index (χ1v) is 8.79. The molecule has 1 atom stereocenters. The highest BCUT2D eigenvalue weighted by Gasteiger charge is 2.38. The van der Waals surface area contributed by atoms with Crippen LogP contribution in [0.4, 0.5) is 13.2 Å². The zero-order valence-corrected chi connectivity index (χ0v) is 15.3. The number of alkyl halides is 3. The van der Waals surface area contributed by atoms with Crippen LogP contribution in [0, 0.1) is 0 Å². The fourth-order valence-electron chi connectivity index (χ4n) is 3.62. The molecular weight excluding hydrogens is 357 g/mol. The van der Waals surface area contributed by atoms with E-state index >= 15 is 0 Å². The topological polar surface area (TPSA) is 33.7 Å². The number of hydrogen-bond donors (Lipinski definition) is 1. The van der Waals surface area contributed by atoms with Crippen molar-refractivity contribution in [3.05, 3.63) is 59.2 Å². The smallest absolute Gasteiger partial charge is 0.416 e. The molecule has 0 aromatic heterocycles. The normalized spacial score (nSPS) is 16.8. The van der Waals surface area contributed by atoms with Crippen molar-refractivity contribution in [2.24, 2.45) is 0 Å². The van der Waals surface area contributed by atoms with Crippen molar-refractivity contribution in [3.63, 3.8) is 0 Å². The Kier molecular flexibility index (Phi) is 5.92. The fourth-order valence-corrected chi connectivity index (χ4v) is 3.62. The maximum Gasteiger partial charge on any atom is 0.416 e. The van der Waals surface area contributed by atoms with E-state index in [2.05, 4.69) is 10.2 Å². The number of nitrogens with one attached hydrogen (secondary N) is 1. The summed E-state index contributed by atoms with van der Waals surface area (Å²) < 4.78 is 52.1. The SMILES string of the molecule is COc1cccc(C(c2ccccc2C(F)(F)F)N2CCNCC2)c1OC. The summed E-state index contributed by atoms with van der Waals surface area (Å²) >= 11 is 0. The minimum atomic E-state index is -4.44. The minimum Gasteiger partial charge on any atom is -0.493 e. The summed E-state index contributed by atoms with van der Waals surface area (Å²) in [7, 11) is 3.02. The maximum absolute atomic E-state index is 13.7. The predicted molar refractivity (Wildman–Crippen MR) is 97.3 cm³/mol. The lowest BCUT2D eigenvalue weighted by Gasteiger charge is -2.37. The number of nitrogens with zero attached hydrogens (tertiary/aromatic N) is 1. The van der Waals surface area contributed by atoms with E-state index < -0.39 is 17.8 Å². The molecule has 1 aliphatic heterocycles. The van der Waals surface area contributed by atoms with Crippen molar-refractivity contribution in [2.45, 2.75) is 12.2 Å². The molecule has 3 rings (SSSR count). The van der Waals surface area contributed by atoms with Crippen molar-refractivity contribution in [1.29, 1.82) is 0 Å². The van der Waals surface area contributed by atoms with Crippen LogP contribution in [0.3, 0.4) is 0 Å². The summed E-state index contributed by atoms with van der Waals surface area (Å²) in [5.74, 6) is 0.958. The molecule has 27 heavy (non-hydrogen) atoms. The first-order chi connectivity index (χ1) is 13.0. The largest absolute Gasteiger partial charge is 0.493 e. The van der Waals surface area contributed by atoms with Gasteiger partial charge in [0.05, 0.1) is 25.8 Å². The Bertz CT molecular complexity index is 774. The molecule has 1 heterocycles. The molecule has 0 bridgehead atoms. The summed E-state index contributed by atoms with van der Waals surface area (Å²) in [4.78, 5) is 2.05. The Morgan fingerprint density at radius 3 is 2.22 bits per heavy atom. The predicted octanol–water partition coefficient (Wildman–Crippen LogP) is 3.72. The minimum absolute atomic E-state index is 0.221. The number of methoxy groups -OCH3 is 2. The summed E-state index contributed by atoms with van der Waals surface area (Å²) in [5.41, 5.74) is 0.257. The van der Waals surface area contributed by atoms with Crippen LogP contribution in [-0.2, 0) is 6.18 Å². The molecule has 4 nitrogen and oxygen atoms in total. The molecule has 0 amide bonds. The molecule has 7 heteroatoms. The molecule has 2 aromatic carbocycles. The molecule has 1 saturated heterocycles. The van der Waals surface area contributed by atoms with Gasteiger partial charge in [-0.15, -0.1) is 0 Å². The standard InChI is InChI=1S/C20H23F3N2O2/c1-26-17-9-5-7-15(19(17)27-2)18(25-12-10-24-11-13-25)14-6-3-4-8-16(14)20(21,22)23/h3-9,18,24H,10-13H2,1-2H3. The van der Waals surface area contributed by atoms with E-state index in [1.54, 1.807) is 30.3 Å². The molecule has 0 aliphatic carbocycles. The second-order valence-corrected chi connectivity index (χ2v) is 6.36. The highest BCUT2D eigenvalue weighted by atomic mass is 19.4. The van der Waals surface area contributed by atoms with E-state index in [4.69, 9.17) is 9.47 Å². The Hall–Kier alpha value is -2.25. The molecule has 2 aromatic rings. The van der Waals surface area contributed by atoms with Gasteiger partial charge >= 0.3 is 6.18 Å². The lowest BCUT2D eigenvalue weighted by Crippen LogP contribution is -2.45. The van der Waals surface area contributed by atoms with Gasteiger partial charge in [-0.3, -0.25) is 4.90 Å². The third-order valence-electron chi connectivity index (χ3n) is 4.81. The number of rotatable bonds is 5. The van der Waals surface area contributed by atoms with Gasteiger partial charge < -0.3 is 14.8 Å². The van der Waals surface area contributed by atoms with E-state index in [0.717, 1.165) is 19.2 Å². The lowest BCUT2D eigenvalue weighted by atomic mass is 9.91. The Balaban J connectivity index is 2.20. The number of para-hydroxylation sites is 1. The van der Waals surface area contributed by atoms with Crippen LogP contribution in [0.1, 0.15) is 22.7 Å². The van der Waals surface area contributed by atoms with Crippen molar-refractivity contribution in [1.82, 2.24) is 10.2 Å². The van der Waals surface area contributed by atoms with Gasteiger partial charge in [0.25, 0.3) is 0 Å². The van der Waals surface area contributed by atoms with Crippen LogP contribution in [0.2, 0.25) is 0 Å². The van der Waals surface area contributed by atoms with Crippen LogP contribution >= 0.6 is 0 Å². The van der Waals surface area contributed by atoms with Crippen LogP contribution in [0.25, 0.3) is 0 Å². The Labute approximate surface area is 156 Å². The highest BCUT2D eigenvalue weighted by molar-refractivity contribution is 5.52. The first-order valence-electron chi connectivity index (χ1n) is 8.79.